The highest BCUT2D eigenvalue weighted by molar-refractivity contribution is 6.09. The molecule has 3 heteroatoms. The zero-order valence-corrected chi connectivity index (χ0v) is 16.7. The second-order valence-electron chi connectivity index (χ2n) is 8.08. The Morgan fingerprint density at radius 2 is 1.75 bits per heavy atom. The van der Waals surface area contributed by atoms with Gasteiger partial charge in [-0.3, -0.25) is 4.79 Å². The van der Waals surface area contributed by atoms with E-state index in [4.69, 9.17) is 0 Å². The van der Waals surface area contributed by atoms with Crippen LogP contribution in [0.15, 0.2) is 66.7 Å². The van der Waals surface area contributed by atoms with Crippen LogP contribution >= 0.6 is 0 Å². The van der Waals surface area contributed by atoms with Gasteiger partial charge in [-0.05, 0) is 36.1 Å². The third-order valence-corrected chi connectivity index (χ3v) is 5.46. The van der Waals surface area contributed by atoms with Gasteiger partial charge in [0, 0.05) is 32.9 Å². The molecule has 0 aliphatic heterocycles. The van der Waals surface area contributed by atoms with Gasteiger partial charge >= 0.3 is 0 Å². The fourth-order valence-electron chi connectivity index (χ4n) is 3.85. The number of carbonyl (C=O) groups excluding carboxylic acids is 1. The van der Waals surface area contributed by atoms with Crippen LogP contribution < -0.4 is 5.32 Å². The number of rotatable bonds is 5. The average Bonchev–Trinajstić information content (AvgIpc) is 3.06. The third-order valence-electron chi connectivity index (χ3n) is 5.46. The lowest BCUT2D eigenvalue weighted by Gasteiger charge is -2.23. The molecule has 0 bridgehead atoms. The van der Waals surface area contributed by atoms with Crippen molar-refractivity contribution in [2.75, 3.05) is 5.32 Å². The number of aromatic amines is 1. The second kappa shape index (κ2) is 7.16. The molecule has 0 spiro atoms. The number of amides is 1. The highest BCUT2D eigenvalue weighted by Crippen LogP contribution is 2.31. The largest absolute Gasteiger partial charge is 0.354 e. The van der Waals surface area contributed by atoms with Crippen LogP contribution in [0.5, 0.6) is 0 Å². The van der Waals surface area contributed by atoms with Crippen molar-refractivity contribution in [3.63, 3.8) is 0 Å². The van der Waals surface area contributed by atoms with Gasteiger partial charge in [0.1, 0.15) is 0 Å². The van der Waals surface area contributed by atoms with E-state index in [9.17, 15) is 4.79 Å². The summed E-state index contributed by atoms with van der Waals surface area (Å²) in [6, 6.07) is 22.7. The summed E-state index contributed by atoms with van der Waals surface area (Å²) in [4.78, 5) is 16.5. The molecule has 4 rings (SSSR count). The van der Waals surface area contributed by atoms with Crippen molar-refractivity contribution in [1.82, 2.24) is 4.98 Å². The predicted octanol–water partition coefficient (Wildman–Crippen LogP) is 6.09. The van der Waals surface area contributed by atoms with Crippen LogP contribution in [0, 0.1) is 5.41 Å². The molecule has 0 aliphatic carbocycles. The van der Waals surface area contributed by atoms with Gasteiger partial charge in [0.15, 0.2) is 0 Å². The summed E-state index contributed by atoms with van der Waals surface area (Å²) in [5, 5.41) is 5.53. The topological polar surface area (TPSA) is 44.9 Å². The van der Waals surface area contributed by atoms with Crippen molar-refractivity contribution >= 4 is 33.4 Å². The van der Waals surface area contributed by atoms with Crippen LogP contribution in [0.4, 0.5) is 5.69 Å². The van der Waals surface area contributed by atoms with E-state index in [1.165, 1.54) is 27.4 Å². The summed E-state index contributed by atoms with van der Waals surface area (Å²) >= 11 is 0. The lowest BCUT2D eigenvalue weighted by molar-refractivity contribution is -0.123. The number of aromatic nitrogens is 1. The molecule has 0 unspecified atom stereocenters. The van der Waals surface area contributed by atoms with E-state index in [2.05, 4.69) is 53.6 Å². The number of carbonyl (C=O) groups is 1. The minimum Gasteiger partial charge on any atom is -0.354 e. The van der Waals surface area contributed by atoms with Crippen LogP contribution in [0.1, 0.15) is 31.9 Å². The fraction of sp³-hybridized carbons (Fsp3) is 0.240. The van der Waals surface area contributed by atoms with E-state index >= 15 is 0 Å². The number of benzene rings is 3. The maximum atomic E-state index is 12.9. The van der Waals surface area contributed by atoms with E-state index in [-0.39, 0.29) is 5.91 Å². The number of H-pyrrole nitrogens is 1. The van der Waals surface area contributed by atoms with E-state index in [0.717, 1.165) is 17.6 Å². The maximum Gasteiger partial charge on any atom is 0.230 e. The van der Waals surface area contributed by atoms with E-state index in [0.29, 0.717) is 6.42 Å². The molecular formula is C25H26N2O. The molecule has 142 valence electrons. The van der Waals surface area contributed by atoms with Crippen LogP contribution in [-0.2, 0) is 17.6 Å². The van der Waals surface area contributed by atoms with Crippen LogP contribution in [0.3, 0.4) is 0 Å². The number of nitrogens with one attached hydrogen (secondary N) is 2. The normalized spacial score (nSPS) is 11.8. The first-order valence-corrected chi connectivity index (χ1v) is 9.86. The van der Waals surface area contributed by atoms with E-state index in [1.807, 2.05) is 44.2 Å². The molecule has 3 aromatic carbocycles. The van der Waals surface area contributed by atoms with Crippen molar-refractivity contribution < 1.29 is 4.79 Å². The maximum absolute atomic E-state index is 12.9. The molecule has 1 heterocycles. The lowest BCUT2D eigenvalue weighted by Crippen LogP contribution is -2.32. The standard InChI is InChI=1S/C25H26N2O/c1-4-18-11-8-12-21-20-14-13-19(15-22(20)27-23(18)21)26-24(28)25(2,3)16-17-9-6-5-7-10-17/h5-15,27H,4,16H2,1-3H3,(H,26,28). The van der Waals surface area contributed by atoms with Crippen molar-refractivity contribution in [2.45, 2.75) is 33.6 Å². The molecule has 0 saturated heterocycles. The van der Waals surface area contributed by atoms with Gasteiger partial charge in [-0.2, -0.15) is 0 Å². The zero-order valence-electron chi connectivity index (χ0n) is 16.7. The highest BCUT2D eigenvalue weighted by Gasteiger charge is 2.28. The first kappa shape index (κ1) is 18.3. The summed E-state index contributed by atoms with van der Waals surface area (Å²) in [7, 11) is 0. The van der Waals surface area contributed by atoms with Crippen LogP contribution in [0.25, 0.3) is 21.8 Å². The highest BCUT2D eigenvalue weighted by atomic mass is 16.2. The first-order valence-electron chi connectivity index (χ1n) is 9.86. The molecule has 0 saturated carbocycles. The number of hydrogen-bond donors (Lipinski definition) is 2. The molecule has 4 aromatic rings. The molecule has 2 N–H and O–H groups in total. The summed E-state index contributed by atoms with van der Waals surface area (Å²) in [5.74, 6) is 0.0288. The summed E-state index contributed by atoms with van der Waals surface area (Å²) < 4.78 is 0. The number of aryl methyl sites for hydroxylation is 1. The first-order chi connectivity index (χ1) is 13.5. The Hall–Kier alpha value is -3.07. The third kappa shape index (κ3) is 3.40. The molecule has 28 heavy (non-hydrogen) atoms. The summed E-state index contributed by atoms with van der Waals surface area (Å²) in [5.41, 5.74) is 5.04. The molecule has 0 radical (unpaired) electrons. The smallest absolute Gasteiger partial charge is 0.230 e. The van der Waals surface area contributed by atoms with Crippen molar-refractivity contribution in [3.05, 3.63) is 77.9 Å². The van der Waals surface area contributed by atoms with Crippen molar-refractivity contribution in [2.24, 2.45) is 5.41 Å². The Balaban J connectivity index is 1.60. The number of anilines is 1. The number of hydrogen-bond acceptors (Lipinski definition) is 1. The SMILES string of the molecule is CCc1cccc2c1[nH]c1cc(NC(=O)C(C)(C)Cc3ccccc3)ccc12. The van der Waals surface area contributed by atoms with Gasteiger partial charge < -0.3 is 10.3 Å². The van der Waals surface area contributed by atoms with E-state index in [1.54, 1.807) is 0 Å². The molecule has 0 atom stereocenters. The quantitative estimate of drug-likeness (QED) is 0.438. The van der Waals surface area contributed by atoms with Gasteiger partial charge in [0.25, 0.3) is 0 Å². The predicted molar refractivity (Wildman–Crippen MR) is 118 cm³/mol. The lowest BCUT2D eigenvalue weighted by atomic mass is 9.84. The van der Waals surface area contributed by atoms with Gasteiger partial charge in [0.05, 0.1) is 0 Å². The second-order valence-corrected chi connectivity index (χ2v) is 8.08. The zero-order chi connectivity index (χ0) is 19.7. The minimum atomic E-state index is -0.494. The Bertz CT molecular complexity index is 1140. The van der Waals surface area contributed by atoms with Crippen molar-refractivity contribution in [3.8, 4) is 0 Å². The molecule has 3 nitrogen and oxygen atoms in total. The van der Waals surface area contributed by atoms with Gasteiger partial charge in [-0.25, -0.2) is 0 Å². The summed E-state index contributed by atoms with van der Waals surface area (Å²) in [6.07, 6.45) is 1.69. The summed E-state index contributed by atoms with van der Waals surface area (Å²) in [6.45, 7) is 6.15. The molecule has 1 amide bonds. The van der Waals surface area contributed by atoms with Crippen molar-refractivity contribution in [1.29, 1.82) is 0 Å². The molecule has 1 aromatic heterocycles. The van der Waals surface area contributed by atoms with Crippen LogP contribution in [-0.4, -0.2) is 10.9 Å². The van der Waals surface area contributed by atoms with Gasteiger partial charge in [-0.15, -0.1) is 0 Å². The molecule has 0 fully saturated rings. The Morgan fingerprint density at radius 1 is 0.964 bits per heavy atom. The molecular weight excluding hydrogens is 344 g/mol. The average molecular weight is 370 g/mol. The Labute approximate surface area is 165 Å². The number of para-hydroxylation sites is 1. The Morgan fingerprint density at radius 3 is 2.50 bits per heavy atom. The fourth-order valence-corrected chi connectivity index (χ4v) is 3.85. The molecule has 0 aliphatic rings. The monoisotopic (exact) mass is 370 g/mol. The van der Waals surface area contributed by atoms with Crippen LogP contribution in [0.2, 0.25) is 0 Å². The number of fused-ring (bicyclic) bond motifs is 3. The Kier molecular flexibility index (Phi) is 4.68. The van der Waals surface area contributed by atoms with E-state index < -0.39 is 5.41 Å². The minimum absolute atomic E-state index is 0.0288. The van der Waals surface area contributed by atoms with Gasteiger partial charge in [-0.1, -0.05) is 75.4 Å². The van der Waals surface area contributed by atoms with Gasteiger partial charge in [0.2, 0.25) is 5.91 Å².